The number of aromatic nitrogens is 2. The topological polar surface area (TPSA) is 38.1 Å². The summed E-state index contributed by atoms with van der Waals surface area (Å²) in [6, 6.07) is 7.60. The molecule has 0 radical (unpaired) electrons. The Labute approximate surface area is 158 Å². The number of benzene rings is 1. The zero-order valence-corrected chi connectivity index (χ0v) is 16.0. The normalized spacial score (nSPS) is 15.7. The van der Waals surface area contributed by atoms with Crippen molar-refractivity contribution >= 4 is 29.1 Å². The molecule has 3 rings (SSSR count). The minimum Gasteiger partial charge on any atom is -0.338 e. The number of hydrogen-bond donors (Lipinski definition) is 0. The maximum atomic E-state index is 13.0. The molecule has 1 aliphatic heterocycles. The number of likely N-dealkylation sites (tertiary alicyclic amines) is 1. The number of halogens is 2. The molecule has 1 aromatic heterocycles. The second kappa shape index (κ2) is 8.24. The number of carbonyl (C=O) groups excluding carboxylic acids is 1. The molecule has 0 saturated carbocycles. The summed E-state index contributed by atoms with van der Waals surface area (Å²) in [5, 5.41) is 5.55. The fraction of sp³-hybridized carbons (Fsp3) is 0.474. The molecule has 1 fully saturated rings. The van der Waals surface area contributed by atoms with E-state index in [1.165, 1.54) is 19.3 Å². The number of amides is 1. The lowest BCUT2D eigenvalue weighted by molar-refractivity contribution is 0.0742. The molecule has 4 nitrogen and oxygen atoms in total. The third-order valence-electron chi connectivity index (χ3n) is 4.70. The summed E-state index contributed by atoms with van der Waals surface area (Å²) in [5.74, 6) is -0.00481. The van der Waals surface area contributed by atoms with E-state index in [0.717, 1.165) is 31.5 Å². The highest BCUT2D eigenvalue weighted by Gasteiger charge is 2.25. The molecule has 1 saturated heterocycles. The van der Waals surface area contributed by atoms with Crippen LogP contribution in [0.15, 0.2) is 24.3 Å². The van der Waals surface area contributed by atoms with E-state index in [1.54, 1.807) is 4.68 Å². The van der Waals surface area contributed by atoms with Crippen molar-refractivity contribution in [1.82, 2.24) is 14.7 Å². The second-order valence-electron chi connectivity index (χ2n) is 6.56. The Morgan fingerprint density at radius 2 is 1.72 bits per heavy atom. The highest BCUT2D eigenvalue weighted by atomic mass is 35.5. The SMILES string of the molecule is Cc1nn(Cc2ccccc2Cl)c(Cl)c1C(=O)N1CCCCCCC1. The summed E-state index contributed by atoms with van der Waals surface area (Å²) in [7, 11) is 0. The largest absolute Gasteiger partial charge is 0.338 e. The van der Waals surface area contributed by atoms with Gasteiger partial charge in [0.15, 0.2) is 0 Å². The predicted molar refractivity (Wildman–Crippen MR) is 102 cm³/mol. The first-order chi connectivity index (χ1) is 12.1. The monoisotopic (exact) mass is 379 g/mol. The molecule has 6 heteroatoms. The highest BCUT2D eigenvalue weighted by Crippen LogP contribution is 2.25. The van der Waals surface area contributed by atoms with Crippen molar-refractivity contribution in [3.8, 4) is 0 Å². The number of aryl methyl sites for hydroxylation is 1. The Kier molecular flexibility index (Phi) is 6.02. The first kappa shape index (κ1) is 18.3. The van der Waals surface area contributed by atoms with E-state index in [-0.39, 0.29) is 5.91 Å². The molecule has 134 valence electrons. The minimum absolute atomic E-state index is 0.00481. The summed E-state index contributed by atoms with van der Waals surface area (Å²) in [6.45, 7) is 3.88. The molecule has 1 amide bonds. The quantitative estimate of drug-likeness (QED) is 0.756. The summed E-state index contributed by atoms with van der Waals surface area (Å²) in [5.41, 5.74) is 2.12. The Balaban J connectivity index is 1.83. The van der Waals surface area contributed by atoms with Gasteiger partial charge in [0.05, 0.1) is 17.8 Å². The molecule has 0 unspecified atom stereocenters. The lowest BCUT2D eigenvalue weighted by atomic mass is 10.1. The molecule has 2 heterocycles. The van der Waals surface area contributed by atoms with E-state index < -0.39 is 0 Å². The third kappa shape index (κ3) is 4.18. The minimum atomic E-state index is -0.00481. The van der Waals surface area contributed by atoms with Crippen LogP contribution in [-0.2, 0) is 6.54 Å². The van der Waals surface area contributed by atoms with Gasteiger partial charge in [0.25, 0.3) is 5.91 Å². The molecular formula is C19H23Cl2N3O. The van der Waals surface area contributed by atoms with Crippen molar-refractivity contribution in [2.45, 2.75) is 45.6 Å². The van der Waals surface area contributed by atoms with Crippen LogP contribution in [0.5, 0.6) is 0 Å². The Bertz CT molecular complexity index is 749. The van der Waals surface area contributed by atoms with Crippen LogP contribution in [0.2, 0.25) is 10.2 Å². The van der Waals surface area contributed by atoms with E-state index >= 15 is 0 Å². The Hall–Kier alpha value is -1.52. The van der Waals surface area contributed by atoms with Crippen molar-refractivity contribution in [3.63, 3.8) is 0 Å². The Morgan fingerprint density at radius 3 is 2.40 bits per heavy atom. The maximum absolute atomic E-state index is 13.0. The van der Waals surface area contributed by atoms with Gasteiger partial charge in [-0.05, 0) is 31.4 Å². The van der Waals surface area contributed by atoms with Gasteiger partial charge in [-0.2, -0.15) is 5.10 Å². The van der Waals surface area contributed by atoms with Crippen LogP contribution < -0.4 is 0 Å². The number of nitrogens with zero attached hydrogens (tertiary/aromatic N) is 3. The van der Waals surface area contributed by atoms with Crippen LogP contribution in [0.3, 0.4) is 0 Å². The van der Waals surface area contributed by atoms with Gasteiger partial charge in [-0.15, -0.1) is 0 Å². The average Bonchev–Trinajstić information content (AvgIpc) is 2.83. The van der Waals surface area contributed by atoms with Crippen molar-refractivity contribution in [2.24, 2.45) is 0 Å². The van der Waals surface area contributed by atoms with Crippen molar-refractivity contribution in [3.05, 3.63) is 51.3 Å². The molecule has 2 aromatic rings. The molecule has 0 spiro atoms. The average molecular weight is 380 g/mol. The fourth-order valence-corrected chi connectivity index (χ4v) is 3.81. The molecule has 1 aliphatic rings. The van der Waals surface area contributed by atoms with E-state index in [2.05, 4.69) is 5.10 Å². The smallest absolute Gasteiger partial charge is 0.258 e. The van der Waals surface area contributed by atoms with Crippen LogP contribution in [0.25, 0.3) is 0 Å². The number of hydrogen-bond acceptors (Lipinski definition) is 2. The summed E-state index contributed by atoms with van der Waals surface area (Å²) in [4.78, 5) is 14.9. The molecule has 0 atom stereocenters. The highest BCUT2D eigenvalue weighted by molar-refractivity contribution is 6.33. The molecule has 0 aliphatic carbocycles. The maximum Gasteiger partial charge on any atom is 0.258 e. The fourth-order valence-electron chi connectivity index (χ4n) is 3.30. The predicted octanol–water partition coefficient (Wildman–Crippen LogP) is 4.95. The van der Waals surface area contributed by atoms with E-state index in [1.807, 2.05) is 36.1 Å². The van der Waals surface area contributed by atoms with Crippen molar-refractivity contribution < 1.29 is 4.79 Å². The van der Waals surface area contributed by atoms with Gasteiger partial charge < -0.3 is 4.90 Å². The third-order valence-corrected chi connectivity index (χ3v) is 5.45. The number of rotatable bonds is 3. The van der Waals surface area contributed by atoms with Crippen LogP contribution in [0.4, 0.5) is 0 Å². The Morgan fingerprint density at radius 1 is 1.08 bits per heavy atom. The van der Waals surface area contributed by atoms with Gasteiger partial charge in [0.1, 0.15) is 5.15 Å². The lowest BCUT2D eigenvalue weighted by Gasteiger charge is -2.24. The van der Waals surface area contributed by atoms with Crippen LogP contribution in [-0.4, -0.2) is 33.7 Å². The van der Waals surface area contributed by atoms with Crippen LogP contribution >= 0.6 is 23.2 Å². The van der Waals surface area contributed by atoms with Crippen molar-refractivity contribution in [2.75, 3.05) is 13.1 Å². The number of carbonyl (C=O) groups is 1. The lowest BCUT2D eigenvalue weighted by Crippen LogP contribution is -2.34. The van der Waals surface area contributed by atoms with Gasteiger partial charge in [0, 0.05) is 18.1 Å². The molecule has 25 heavy (non-hydrogen) atoms. The first-order valence-corrected chi connectivity index (χ1v) is 9.59. The van der Waals surface area contributed by atoms with Gasteiger partial charge in [-0.3, -0.25) is 4.79 Å². The summed E-state index contributed by atoms with van der Waals surface area (Å²) >= 11 is 12.8. The molecule has 0 N–H and O–H groups in total. The van der Waals surface area contributed by atoms with Gasteiger partial charge in [-0.25, -0.2) is 4.68 Å². The van der Waals surface area contributed by atoms with Gasteiger partial charge in [-0.1, -0.05) is 60.7 Å². The van der Waals surface area contributed by atoms with Crippen LogP contribution in [0, 0.1) is 6.92 Å². The first-order valence-electron chi connectivity index (χ1n) is 8.83. The summed E-state index contributed by atoms with van der Waals surface area (Å²) in [6.07, 6.45) is 5.73. The van der Waals surface area contributed by atoms with Gasteiger partial charge in [0.2, 0.25) is 0 Å². The second-order valence-corrected chi connectivity index (χ2v) is 7.33. The summed E-state index contributed by atoms with van der Waals surface area (Å²) < 4.78 is 1.66. The zero-order valence-electron chi connectivity index (χ0n) is 14.5. The van der Waals surface area contributed by atoms with E-state index in [9.17, 15) is 4.79 Å². The molecular weight excluding hydrogens is 357 g/mol. The van der Waals surface area contributed by atoms with Gasteiger partial charge >= 0.3 is 0 Å². The van der Waals surface area contributed by atoms with E-state index in [0.29, 0.717) is 28.0 Å². The van der Waals surface area contributed by atoms with Crippen LogP contribution in [0.1, 0.15) is 53.7 Å². The molecule has 0 bridgehead atoms. The van der Waals surface area contributed by atoms with E-state index in [4.69, 9.17) is 23.2 Å². The van der Waals surface area contributed by atoms with Crippen molar-refractivity contribution in [1.29, 1.82) is 0 Å². The zero-order chi connectivity index (χ0) is 17.8. The standard InChI is InChI=1S/C19H23Cl2N3O/c1-14-17(19(25)23-11-7-3-2-4-8-12-23)18(21)24(22-14)13-15-9-5-6-10-16(15)20/h5-6,9-10H,2-4,7-8,11-13H2,1H3. The molecule has 1 aromatic carbocycles.